The SMILES string of the molecule is C#CCCC(=O)NCCOCCOCCOCCC(=O)CC(CCCCOC)(CCCCOC)CCCCOC. The standard InChI is InChI=1S/C31H57NO8/c1-5-6-13-30(34)32-18-23-39-25-27-40-26-24-38-22-14-29(33)28-31(15-7-10-19-35-2,16-8-11-20-36-3)17-9-12-21-37-4/h1H,6-28H2,2-4H3,(H,32,34). The molecule has 1 amide bonds. The molecular weight excluding hydrogens is 514 g/mol. The maximum atomic E-state index is 13.0. The zero-order valence-corrected chi connectivity index (χ0v) is 25.6. The van der Waals surface area contributed by atoms with E-state index in [9.17, 15) is 9.59 Å². The molecule has 0 atom stereocenters. The lowest BCUT2D eigenvalue weighted by molar-refractivity contribution is -0.123. The lowest BCUT2D eigenvalue weighted by Gasteiger charge is -2.34. The second-order valence-corrected chi connectivity index (χ2v) is 10.2. The molecule has 234 valence electrons. The Labute approximate surface area is 243 Å². The Bertz CT molecular complexity index is 606. The molecule has 0 aromatic carbocycles. The predicted molar refractivity (Wildman–Crippen MR) is 157 cm³/mol. The first-order chi connectivity index (χ1) is 19.5. The molecule has 0 rings (SSSR count). The van der Waals surface area contributed by atoms with Crippen LogP contribution in [0.25, 0.3) is 0 Å². The van der Waals surface area contributed by atoms with Gasteiger partial charge in [-0.2, -0.15) is 0 Å². The summed E-state index contributed by atoms with van der Waals surface area (Å²) < 4.78 is 32.4. The highest BCUT2D eigenvalue weighted by Crippen LogP contribution is 2.40. The minimum Gasteiger partial charge on any atom is -0.385 e. The van der Waals surface area contributed by atoms with Gasteiger partial charge in [0.2, 0.25) is 5.91 Å². The van der Waals surface area contributed by atoms with Crippen LogP contribution in [0.15, 0.2) is 0 Å². The zero-order valence-electron chi connectivity index (χ0n) is 25.6. The summed E-state index contributed by atoms with van der Waals surface area (Å²) in [6, 6.07) is 0. The summed E-state index contributed by atoms with van der Waals surface area (Å²) in [4.78, 5) is 24.5. The van der Waals surface area contributed by atoms with Gasteiger partial charge < -0.3 is 33.7 Å². The Kier molecular flexibility index (Phi) is 27.9. The number of carbonyl (C=O) groups is 2. The van der Waals surface area contributed by atoms with E-state index in [1.165, 1.54) is 0 Å². The largest absolute Gasteiger partial charge is 0.385 e. The minimum absolute atomic E-state index is 0.0138. The third-order valence-corrected chi connectivity index (χ3v) is 6.82. The predicted octanol–water partition coefficient (Wildman–Crippen LogP) is 4.35. The summed E-state index contributed by atoms with van der Waals surface area (Å²) in [5.74, 6) is 2.64. The number of carbonyl (C=O) groups excluding carboxylic acids is 2. The van der Waals surface area contributed by atoms with Gasteiger partial charge in [0.25, 0.3) is 0 Å². The number of Topliss-reactive ketones (excluding diaryl/α,β-unsaturated/α-hetero) is 1. The fraction of sp³-hybridized carbons (Fsp3) is 0.871. The number of methoxy groups -OCH3 is 3. The first-order valence-electron chi connectivity index (χ1n) is 15.0. The molecule has 0 heterocycles. The number of ether oxygens (including phenoxy) is 6. The van der Waals surface area contributed by atoms with Crippen molar-refractivity contribution in [1.82, 2.24) is 5.32 Å². The number of terminal acetylenes is 1. The van der Waals surface area contributed by atoms with Crippen molar-refractivity contribution in [3.05, 3.63) is 0 Å². The van der Waals surface area contributed by atoms with E-state index in [-0.39, 0.29) is 17.1 Å². The molecule has 0 aromatic heterocycles. The molecule has 0 aromatic rings. The van der Waals surface area contributed by atoms with Crippen LogP contribution in [0.5, 0.6) is 0 Å². The number of ketones is 1. The summed E-state index contributed by atoms with van der Waals surface area (Å²) in [5.41, 5.74) is 0.0138. The maximum absolute atomic E-state index is 13.0. The number of nitrogens with one attached hydrogen (secondary N) is 1. The van der Waals surface area contributed by atoms with Crippen LogP contribution in [0, 0.1) is 17.8 Å². The number of rotatable bonds is 31. The van der Waals surface area contributed by atoms with E-state index < -0.39 is 0 Å². The van der Waals surface area contributed by atoms with Crippen LogP contribution >= 0.6 is 0 Å². The van der Waals surface area contributed by atoms with Crippen molar-refractivity contribution < 1.29 is 38.0 Å². The van der Waals surface area contributed by atoms with Gasteiger partial charge in [0.1, 0.15) is 5.78 Å². The van der Waals surface area contributed by atoms with Crippen molar-refractivity contribution >= 4 is 11.7 Å². The Morgan fingerprint density at radius 3 is 1.60 bits per heavy atom. The van der Waals surface area contributed by atoms with Crippen molar-refractivity contribution in [2.24, 2.45) is 5.41 Å². The van der Waals surface area contributed by atoms with E-state index in [0.717, 1.165) is 77.6 Å². The Morgan fingerprint density at radius 2 is 1.12 bits per heavy atom. The molecule has 0 aliphatic carbocycles. The molecule has 0 aliphatic heterocycles. The molecule has 1 N–H and O–H groups in total. The van der Waals surface area contributed by atoms with Crippen molar-refractivity contribution in [3.63, 3.8) is 0 Å². The fourth-order valence-corrected chi connectivity index (χ4v) is 4.65. The van der Waals surface area contributed by atoms with Gasteiger partial charge in [-0.15, -0.1) is 12.3 Å². The number of hydrogen-bond acceptors (Lipinski definition) is 8. The van der Waals surface area contributed by atoms with E-state index in [4.69, 9.17) is 34.8 Å². The van der Waals surface area contributed by atoms with Crippen LogP contribution in [0.4, 0.5) is 0 Å². The normalized spacial score (nSPS) is 11.4. The van der Waals surface area contributed by atoms with Crippen LogP contribution in [0.3, 0.4) is 0 Å². The number of amides is 1. The van der Waals surface area contributed by atoms with Crippen LogP contribution < -0.4 is 5.32 Å². The average molecular weight is 572 g/mol. The van der Waals surface area contributed by atoms with Gasteiger partial charge in [0.05, 0.1) is 39.6 Å². The van der Waals surface area contributed by atoms with Crippen molar-refractivity contribution in [1.29, 1.82) is 0 Å². The highest BCUT2D eigenvalue weighted by molar-refractivity contribution is 5.79. The van der Waals surface area contributed by atoms with Gasteiger partial charge in [0, 0.05) is 73.4 Å². The molecule has 0 spiro atoms. The van der Waals surface area contributed by atoms with Gasteiger partial charge in [-0.05, 0) is 43.9 Å². The van der Waals surface area contributed by atoms with Crippen LogP contribution in [-0.4, -0.2) is 99.0 Å². The molecule has 0 bridgehead atoms. The van der Waals surface area contributed by atoms with Gasteiger partial charge in [-0.1, -0.05) is 19.3 Å². The smallest absolute Gasteiger partial charge is 0.221 e. The summed E-state index contributed by atoms with van der Waals surface area (Å²) in [6.45, 7) is 5.33. The molecule has 0 unspecified atom stereocenters. The molecule has 9 heteroatoms. The average Bonchev–Trinajstić information content (AvgIpc) is 2.95. The van der Waals surface area contributed by atoms with Crippen molar-refractivity contribution in [3.8, 4) is 12.3 Å². The topological polar surface area (TPSA) is 102 Å². The summed E-state index contributed by atoms with van der Waals surface area (Å²) >= 11 is 0. The van der Waals surface area contributed by atoms with E-state index in [1.54, 1.807) is 21.3 Å². The zero-order chi connectivity index (χ0) is 29.6. The molecule has 0 fully saturated rings. The van der Waals surface area contributed by atoms with Crippen LogP contribution in [0.2, 0.25) is 0 Å². The molecule has 0 saturated carbocycles. The fourth-order valence-electron chi connectivity index (χ4n) is 4.65. The summed E-state index contributed by atoms with van der Waals surface area (Å²) in [5, 5.41) is 2.75. The number of unbranched alkanes of at least 4 members (excludes halogenated alkanes) is 3. The highest BCUT2D eigenvalue weighted by atomic mass is 16.5. The van der Waals surface area contributed by atoms with Crippen molar-refractivity contribution in [2.75, 3.05) is 87.3 Å². The molecule has 0 radical (unpaired) electrons. The monoisotopic (exact) mass is 571 g/mol. The Morgan fingerprint density at radius 1 is 0.650 bits per heavy atom. The quantitative estimate of drug-likeness (QED) is 0.0968. The van der Waals surface area contributed by atoms with Gasteiger partial charge >= 0.3 is 0 Å². The highest BCUT2D eigenvalue weighted by Gasteiger charge is 2.31. The lowest BCUT2D eigenvalue weighted by Crippen LogP contribution is -2.27. The van der Waals surface area contributed by atoms with E-state index in [2.05, 4.69) is 11.2 Å². The Hall–Kier alpha value is -1.54. The van der Waals surface area contributed by atoms with E-state index >= 15 is 0 Å². The van der Waals surface area contributed by atoms with E-state index in [1.807, 2.05) is 0 Å². The second kappa shape index (κ2) is 29.0. The van der Waals surface area contributed by atoms with Crippen molar-refractivity contribution in [2.45, 2.75) is 83.5 Å². The molecule has 9 nitrogen and oxygen atoms in total. The molecule has 40 heavy (non-hydrogen) atoms. The molecular formula is C31H57NO8. The van der Waals surface area contributed by atoms with Gasteiger partial charge in [-0.25, -0.2) is 0 Å². The van der Waals surface area contributed by atoms with Gasteiger partial charge in [0.15, 0.2) is 0 Å². The lowest BCUT2D eigenvalue weighted by atomic mass is 9.71. The Balaban J connectivity index is 4.30. The molecule has 0 saturated heterocycles. The van der Waals surface area contributed by atoms with Crippen LogP contribution in [-0.2, 0) is 38.0 Å². The molecule has 0 aliphatic rings. The number of hydrogen-bond donors (Lipinski definition) is 1. The van der Waals surface area contributed by atoms with E-state index in [0.29, 0.717) is 71.9 Å². The first kappa shape index (κ1) is 38.5. The minimum atomic E-state index is -0.0645. The third kappa shape index (κ3) is 24.3. The maximum Gasteiger partial charge on any atom is 0.221 e. The third-order valence-electron chi connectivity index (χ3n) is 6.82. The van der Waals surface area contributed by atoms with Gasteiger partial charge in [-0.3, -0.25) is 9.59 Å². The second-order valence-electron chi connectivity index (χ2n) is 10.2. The summed E-state index contributed by atoms with van der Waals surface area (Å²) in [7, 11) is 5.21. The first-order valence-corrected chi connectivity index (χ1v) is 15.0. The van der Waals surface area contributed by atoms with Crippen LogP contribution in [0.1, 0.15) is 83.5 Å². The summed E-state index contributed by atoms with van der Waals surface area (Å²) in [6.07, 6.45) is 16.3.